The average molecular weight is 412 g/mol. The van der Waals surface area contributed by atoms with Crippen molar-refractivity contribution in [3.05, 3.63) is 48.0 Å². The van der Waals surface area contributed by atoms with Gasteiger partial charge >= 0.3 is 5.97 Å². The number of ketones is 1. The minimum atomic E-state index is -0.996. The topological polar surface area (TPSA) is 120 Å². The maximum Gasteiger partial charge on any atom is 0.351 e. The number of esters is 1. The smallest absolute Gasteiger partial charge is 0.351 e. The summed E-state index contributed by atoms with van der Waals surface area (Å²) in [6, 6.07) is 11.3. The number of hydrogen-bond donors (Lipinski definition) is 2. The third-order valence-corrected chi connectivity index (χ3v) is 4.07. The van der Waals surface area contributed by atoms with E-state index in [0.29, 0.717) is 17.2 Å². The number of hydrogen-bond acceptors (Lipinski definition) is 7. The van der Waals surface area contributed by atoms with Crippen molar-refractivity contribution in [1.82, 2.24) is 0 Å². The van der Waals surface area contributed by atoms with Crippen molar-refractivity contribution >= 4 is 34.9 Å². The van der Waals surface area contributed by atoms with Gasteiger partial charge in [0.2, 0.25) is 23.7 Å². The average Bonchev–Trinajstić information content (AvgIpc) is 2.70. The van der Waals surface area contributed by atoms with E-state index < -0.39 is 30.4 Å². The van der Waals surface area contributed by atoms with Gasteiger partial charge in [-0.25, -0.2) is 4.79 Å². The summed E-state index contributed by atoms with van der Waals surface area (Å²) in [5.74, 6) is -1.02. The number of amides is 2. The number of fused-ring (bicyclic) bond motifs is 1. The molecule has 1 atom stereocenters. The first-order valence-electron chi connectivity index (χ1n) is 9.11. The van der Waals surface area contributed by atoms with Crippen LogP contribution in [0.4, 0.5) is 11.4 Å². The van der Waals surface area contributed by atoms with Crippen LogP contribution in [-0.2, 0) is 19.1 Å². The SMILES string of the molecule is CC(=O)Nc1ccc(C(=O)COC(=O)[C@@H]2COc3ccccc3O2)c(NC(C)=O)c1. The van der Waals surface area contributed by atoms with Gasteiger partial charge in [-0.1, -0.05) is 12.1 Å². The Morgan fingerprint density at radius 3 is 2.40 bits per heavy atom. The molecule has 0 bridgehead atoms. The molecule has 9 nitrogen and oxygen atoms in total. The van der Waals surface area contributed by atoms with E-state index in [2.05, 4.69) is 10.6 Å². The fourth-order valence-corrected chi connectivity index (χ4v) is 2.80. The van der Waals surface area contributed by atoms with Crippen LogP contribution in [0.3, 0.4) is 0 Å². The molecule has 30 heavy (non-hydrogen) atoms. The zero-order chi connectivity index (χ0) is 21.7. The highest BCUT2D eigenvalue weighted by molar-refractivity contribution is 6.06. The maximum atomic E-state index is 12.6. The number of anilines is 2. The summed E-state index contributed by atoms with van der Waals surface area (Å²) in [7, 11) is 0. The maximum absolute atomic E-state index is 12.6. The minimum absolute atomic E-state index is 0.0351. The van der Waals surface area contributed by atoms with Crippen molar-refractivity contribution in [1.29, 1.82) is 0 Å². The number of nitrogens with one attached hydrogen (secondary N) is 2. The van der Waals surface area contributed by atoms with Gasteiger partial charge in [0, 0.05) is 25.1 Å². The number of para-hydroxylation sites is 2. The molecular formula is C21H20N2O7. The normalized spacial score (nSPS) is 14.4. The highest BCUT2D eigenvalue weighted by Crippen LogP contribution is 2.31. The summed E-state index contributed by atoms with van der Waals surface area (Å²) < 4.78 is 16.1. The summed E-state index contributed by atoms with van der Waals surface area (Å²) in [6.07, 6.45) is -0.996. The van der Waals surface area contributed by atoms with Gasteiger partial charge in [-0.3, -0.25) is 14.4 Å². The molecule has 0 saturated carbocycles. The molecule has 9 heteroatoms. The first-order chi connectivity index (χ1) is 14.3. The lowest BCUT2D eigenvalue weighted by molar-refractivity contribution is -0.153. The van der Waals surface area contributed by atoms with Crippen LogP contribution in [0, 0.1) is 0 Å². The molecule has 0 unspecified atom stereocenters. The van der Waals surface area contributed by atoms with Crippen molar-refractivity contribution in [3.8, 4) is 11.5 Å². The van der Waals surface area contributed by atoms with Crippen LogP contribution in [0.25, 0.3) is 0 Å². The van der Waals surface area contributed by atoms with Gasteiger partial charge in [-0.05, 0) is 30.3 Å². The molecule has 1 heterocycles. The van der Waals surface area contributed by atoms with Gasteiger partial charge < -0.3 is 24.8 Å². The fraction of sp³-hybridized carbons (Fsp3) is 0.238. The first kappa shape index (κ1) is 20.8. The Bertz CT molecular complexity index is 1000. The Morgan fingerprint density at radius 2 is 1.70 bits per heavy atom. The largest absolute Gasteiger partial charge is 0.485 e. The first-order valence-corrected chi connectivity index (χ1v) is 9.11. The van der Waals surface area contributed by atoms with Gasteiger partial charge in [-0.2, -0.15) is 0 Å². The highest BCUT2D eigenvalue weighted by atomic mass is 16.6. The van der Waals surface area contributed by atoms with Crippen molar-refractivity contribution in [2.45, 2.75) is 20.0 Å². The summed E-state index contributed by atoms with van der Waals surface area (Å²) in [6.45, 7) is 2.04. The fourth-order valence-electron chi connectivity index (χ4n) is 2.80. The lowest BCUT2D eigenvalue weighted by Gasteiger charge is -2.24. The number of ether oxygens (including phenoxy) is 3. The van der Waals surface area contributed by atoms with E-state index in [0.717, 1.165) is 0 Å². The molecule has 2 amide bonds. The number of carbonyl (C=O) groups excluding carboxylic acids is 4. The summed E-state index contributed by atoms with van der Waals surface area (Å²) in [5, 5.41) is 5.10. The van der Waals surface area contributed by atoms with Crippen LogP contribution in [0.5, 0.6) is 11.5 Å². The van der Waals surface area contributed by atoms with Gasteiger partial charge in [0.1, 0.15) is 6.61 Å². The number of carbonyl (C=O) groups is 4. The molecule has 2 aromatic carbocycles. The second kappa shape index (κ2) is 9.08. The predicted octanol–water partition coefficient (Wildman–Crippen LogP) is 2.17. The standard InChI is InChI=1S/C21H20N2O7/c1-12(24)22-14-7-8-15(16(9-14)23-13(2)25)17(26)10-29-21(27)20-11-28-18-5-3-4-6-19(18)30-20/h3-9,20H,10-11H2,1-2H3,(H,22,24)(H,23,25)/t20-/m0/s1. The van der Waals surface area contributed by atoms with E-state index >= 15 is 0 Å². The molecule has 0 aliphatic carbocycles. The predicted molar refractivity (Wildman–Crippen MR) is 107 cm³/mol. The van der Waals surface area contributed by atoms with Crippen LogP contribution in [0.2, 0.25) is 0 Å². The molecule has 2 N–H and O–H groups in total. The Balaban J connectivity index is 1.66. The molecule has 0 saturated heterocycles. The molecule has 0 spiro atoms. The second-order valence-electron chi connectivity index (χ2n) is 6.52. The third kappa shape index (κ3) is 5.13. The molecule has 156 valence electrons. The van der Waals surface area contributed by atoms with Gasteiger partial charge in [-0.15, -0.1) is 0 Å². The van der Waals surface area contributed by atoms with Crippen molar-refractivity contribution < 1.29 is 33.4 Å². The zero-order valence-corrected chi connectivity index (χ0v) is 16.4. The monoisotopic (exact) mass is 412 g/mol. The van der Waals surface area contributed by atoms with Gasteiger partial charge in [0.15, 0.2) is 18.1 Å². The van der Waals surface area contributed by atoms with Crippen molar-refractivity contribution in [2.75, 3.05) is 23.8 Å². The summed E-state index contributed by atoms with van der Waals surface area (Å²) in [4.78, 5) is 47.6. The van der Waals surface area contributed by atoms with E-state index in [4.69, 9.17) is 14.2 Å². The highest BCUT2D eigenvalue weighted by Gasteiger charge is 2.29. The quantitative estimate of drug-likeness (QED) is 0.551. The second-order valence-corrected chi connectivity index (χ2v) is 6.52. The Labute approximate surface area is 172 Å². The number of benzene rings is 2. The molecular weight excluding hydrogens is 392 g/mol. The van der Waals surface area contributed by atoms with Gasteiger partial charge in [0.25, 0.3) is 0 Å². The van der Waals surface area contributed by atoms with Crippen LogP contribution >= 0.6 is 0 Å². The van der Waals surface area contributed by atoms with E-state index in [-0.39, 0.29) is 23.8 Å². The molecule has 0 radical (unpaired) electrons. The Hall–Kier alpha value is -3.88. The molecule has 0 aromatic heterocycles. The van der Waals surface area contributed by atoms with E-state index in [1.807, 2.05) is 0 Å². The molecule has 0 fully saturated rings. The van der Waals surface area contributed by atoms with Crippen molar-refractivity contribution in [2.24, 2.45) is 0 Å². The lowest BCUT2D eigenvalue weighted by Crippen LogP contribution is -2.38. The molecule has 2 aromatic rings. The van der Waals surface area contributed by atoms with E-state index in [1.165, 1.54) is 32.0 Å². The van der Waals surface area contributed by atoms with Crippen molar-refractivity contribution in [3.63, 3.8) is 0 Å². The number of Topliss-reactive ketones (excluding diaryl/α,β-unsaturated/α-hetero) is 1. The Kier molecular flexibility index (Phi) is 6.31. The van der Waals surface area contributed by atoms with E-state index in [1.54, 1.807) is 24.3 Å². The van der Waals surface area contributed by atoms with Crippen LogP contribution < -0.4 is 20.1 Å². The zero-order valence-electron chi connectivity index (χ0n) is 16.4. The third-order valence-electron chi connectivity index (χ3n) is 4.07. The lowest BCUT2D eigenvalue weighted by atomic mass is 10.1. The molecule has 1 aliphatic heterocycles. The van der Waals surface area contributed by atoms with Crippen LogP contribution in [0.1, 0.15) is 24.2 Å². The molecule has 3 rings (SSSR count). The minimum Gasteiger partial charge on any atom is -0.485 e. The van der Waals surface area contributed by atoms with E-state index in [9.17, 15) is 19.2 Å². The Morgan fingerprint density at radius 1 is 1.00 bits per heavy atom. The molecule has 1 aliphatic rings. The van der Waals surface area contributed by atoms with Gasteiger partial charge in [0.05, 0.1) is 5.69 Å². The summed E-state index contributed by atoms with van der Waals surface area (Å²) >= 11 is 0. The van der Waals surface area contributed by atoms with Crippen LogP contribution in [-0.4, -0.2) is 42.9 Å². The number of rotatable bonds is 6. The van der Waals surface area contributed by atoms with Crippen LogP contribution in [0.15, 0.2) is 42.5 Å². The summed E-state index contributed by atoms with van der Waals surface area (Å²) in [5.41, 5.74) is 0.741.